The Morgan fingerprint density at radius 1 is 1.24 bits per heavy atom. The molecule has 2 aromatic rings. The molecule has 0 saturated carbocycles. The summed E-state index contributed by atoms with van der Waals surface area (Å²) in [4.78, 5) is 7.62. The van der Waals surface area contributed by atoms with Crippen LogP contribution in [-0.4, -0.2) is 17.1 Å². The summed E-state index contributed by atoms with van der Waals surface area (Å²) in [5.74, 6) is -1.52. The van der Waals surface area contributed by atoms with Gasteiger partial charge in [0.25, 0.3) is 0 Å². The average molecular weight is 324 g/mol. The van der Waals surface area contributed by atoms with Gasteiger partial charge >= 0.3 is 0 Å². The molecule has 0 aliphatic heterocycles. The van der Waals surface area contributed by atoms with Gasteiger partial charge in [-0.2, -0.15) is 0 Å². The number of rotatable bonds is 1. The van der Waals surface area contributed by atoms with Crippen LogP contribution in [0.15, 0.2) is 4.47 Å². The van der Waals surface area contributed by atoms with Gasteiger partial charge in [0, 0.05) is 0 Å². The molecule has 0 unspecified atom stereocenters. The number of halogens is 4. The molecule has 2 rings (SSSR count). The van der Waals surface area contributed by atoms with Gasteiger partial charge in [0.15, 0.2) is 17.4 Å². The highest BCUT2D eigenvalue weighted by Gasteiger charge is 2.22. The average Bonchev–Trinajstić information content (AvgIpc) is 2.25. The fourth-order valence-electron chi connectivity index (χ4n) is 1.48. The minimum absolute atomic E-state index is 0.126. The van der Waals surface area contributed by atoms with E-state index >= 15 is 0 Å². The topological polar surface area (TPSA) is 35.0 Å². The van der Waals surface area contributed by atoms with E-state index in [0.717, 1.165) is 0 Å². The highest BCUT2D eigenvalue weighted by atomic mass is 79.9. The number of ether oxygens (including phenoxy) is 1. The van der Waals surface area contributed by atoms with Gasteiger partial charge in [-0.3, -0.25) is 0 Å². The first-order valence-corrected chi connectivity index (χ1v) is 5.68. The number of fused-ring (bicyclic) bond motifs is 1. The lowest BCUT2D eigenvalue weighted by molar-refractivity contribution is 0.382. The standard InChI is InChI=1S/C10H6BrClF2N2O/c1-3-15-8-4(10(12)16-3)6(13)9(17-2)5(11)7(8)14/h1-2H3. The minimum atomic E-state index is -0.791. The molecule has 0 bridgehead atoms. The summed E-state index contributed by atoms with van der Waals surface area (Å²) in [5, 5.41) is -0.329. The van der Waals surface area contributed by atoms with Gasteiger partial charge in [-0.05, 0) is 22.9 Å². The number of methoxy groups -OCH3 is 1. The summed E-state index contributed by atoms with van der Waals surface area (Å²) in [6.07, 6.45) is 0. The monoisotopic (exact) mass is 322 g/mol. The fraction of sp³-hybridized carbons (Fsp3) is 0.200. The Labute approximate surface area is 109 Å². The van der Waals surface area contributed by atoms with E-state index in [1.807, 2.05) is 0 Å². The number of hydrogen-bond acceptors (Lipinski definition) is 3. The summed E-state index contributed by atoms with van der Waals surface area (Å²) in [7, 11) is 1.23. The first-order chi connectivity index (χ1) is 7.97. The lowest BCUT2D eigenvalue weighted by Crippen LogP contribution is -2.00. The highest BCUT2D eigenvalue weighted by Crippen LogP contribution is 2.38. The van der Waals surface area contributed by atoms with Crippen LogP contribution in [0.2, 0.25) is 5.15 Å². The van der Waals surface area contributed by atoms with E-state index in [-0.39, 0.29) is 32.1 Å². The van der Waals surface area contributed by atoms with Crippen molar-refractivity contribution in [3.8, 4) is 5.75 Å². The predicted octanol–water partition coefficient (Wildman–Crippen LogP) is 3.64. The molecule has 1 aromatic heterocycles. The van der Waals surface area contributed by atoms with Crippen molar-refractivity contribution in [1.82, 2.24) is 9.97 Å². The fourth-order valence-corrected chi connectivity index (χ4v) is 2.30. The van der Waals surface area contributed by atoms with E-state index in [9.17, 15) is 8.78 Å². The van der Waals surface area contributed by atoms with Gasteiger partial charge in [-0.25, -0.2) is 18.7 Å². The van der Waals surface area contributed by atoms with E-state index in [0.29, 0.717) is 0 Å². The largest absolute Gasteiger partial charge is 0.492 e. The molecule has 1 heterocycles. The summed E-state index contributed by atoms with van der Waals surface area (Å²) >= 11 is 8.71. The maximum absolute atomic E-state index is 14.0. The van der Waals surface area contributed by atoms with E-state index in [4.69, 9.17) is 16.3 Å². The van der Waals surface area contributed by atoms with Gasteiger partial charge in [-0.15, -0.1) is 0 Å². The third-order valence-corrected chi connectivity index (χ3v) is 3.18. The Hall–Kier alpha value is -1.01. The highest BCUT2D eigenvalue weighted by molar-refractivity contribution is 9.10. The summed E-state index contributed by atoms with van der Waals surface area (Å²) < 4.78 is 32.6. The molecule has 0 aliphatic rings. The first kappa shape index (κ1) is 12.4. The van der Waals surface area contributed by atoms with Crippen molar-refractivity contribution in [2.75, 3.05) is 7.11 Å². The van der Waals surface area contributed by atoms with Crippen molar-refractivity contribution in [2.24, 2.45) is 0 Å². The molecule has 0 fully saturated rings. The van der Waals surface area contributed by atoms with Crippen LogP contribution in [0.4, 0.5) is 8.78 Å². The number of nitrogens with zero attached hydrogens (tertiary/aromatic N) is 2. The summed E-state index contributed by atoms with van der Waals surface area (Å²) in [6.45, 7) is 1.54. The number of aryl methyl sites for hydroxylation is 1. The minimum Gasteiger partial charge on any atom is -0.492 e. The lowest BCUT2D eigenvalue weighted by Gasteiger charge is -2.10. The molecule has 0 saturated heterocycles. The zero-order valence-electron chi connectivity index (χ0n) is 8.81. The third-order valence-electron chi connectivity index (χ3n) is 2.20. The second-order valence-corrected chi connectivity index (χ2v) is 4.41. The Balaban J connectivity index is 3.04. The molecule has 0 aliphatic carbocycles. The smallest absolute Gasteiger partial charge is 0.178 e. The van der Waals surface area contributed by atoms with Crippen molar-refractivity contribution < 1.29 is 13.5 Å². The molecule has 0 radical (unpaired) electrons. The number of hydrogen-bond donors (Lipinski definition) is 0. The van der Waals surface area contributed by atoms with Gasteiger partial charge in [0.2, 0.25) is 0 Å². The second kappa shape index (κ2) is 4.34. The van der Waals surface area contributed by atoms with E-state index in [2.05, 4.69) is 25.9 Å². The third kappa shape index (κ3) is 1.85. The molecular formula is C10H6BrClF2N2O. The number of aromatic nitrogens is 2. The van der Waals surface area contributed by atoms with E-state index < -0.39 is 11.6 Å². The van der Waals surface area contributed by atoms with Gasteiger partial charge in [0.1, 0.15) is 21.0 Å². The Bertz CT molecular complexity index is 621. The zero-order chi connectivity index (χ0) is 12.7. The molecule has 0 atom stereocenters. The molecule has 0 spiro atoms. The maximum atomic E-state index is 14.0. The first-order valence-electron chi connectivity index (χ1n) is 4.51. The zero-order valence-corrected chi connectivity index (χ0v) is 11.2. The van der Waals surface area contributed by atoms with Crippen molar-refractivity contribution in [2.45, 2.75) is 6.92 Å². The predicted molar refractivity (Wildman–Crippen MR) is 63.5 cm³/mol. The van der Waals surface area contributed by atoms with Crippen LogP contribution in [0.5, 0.6) is 5.75 Å². The van der Waals surface area contributed by atoms with E-state index in [1.54, 1.807) is 6.92 Å². The van der Waals surface area contributed by atoms with Crippen LogP contribution in [0.25, 0.3) is 10.9 Å². The molecule has 7 heteroatoms. The lowest BCUT2D eigenvalue weighted by atomic mass is 10.2. The van der Waals surface area contributed by atoms with E-state index in [1.165, 1.54) is 7.11 Å². The van der Waals surface area contributed by atoms with Crippen molar-refractivity contribution in [1.29, 1.82) is 0 Å². The van der Waals surface area contributed by atoms with Crippen LogP contribution in [0.1, 0.15) is 5.82 Å². The van der Waals surface area contributed by atoms with Gasteiger partial charge < -0.3 is 4.74 Å². The summed E-state index contributed by atoms with van der Waals surface area (Å²) in [6, 6.07) is 0. The Morgan fingerprint density at radius 3 is 2.47 bits per heavy atom. The van der Waals surface area contributed by atoms with Crippen LogP contribution < -0.4 is 4.74 Å². The maximum Gasteiger partial charge on any atom is 0.178 e. The van der Waals surface area contributed by atoms with Crippen molar-refractivity contribution in [3.63, 3.8) is 0 Å². The van der Waals surface area contributed by atoms with Crippen molar-refractivity contribution in [3.05, 3.63) is 27.1 Å². The Morgan fingerprint density at radius 2 is 1.88 bits per heavy atom. The molecule has 3 nitrogen and oxygen atoms in total. The van der Waals surface area contributed by atoms with Crippen LogP contribution in [0.3, 0.4) is 0 Å². The molecule has 0 amide bonds. The molecule has 0 N–H and O–H groups in total. The van der Waals surface area contributed by atoms with Crippen molar-refractivity contribution >= 4 is 38.4 Å². The van der Waals surface area contributed by atoms with Gasteiger partial charge in [0.05, 0.1) is 12.5 Å². The Kier molecular flexibility index (Phi) is 3.18. The SMILES string of the molecule is COc1c(Br)c(F)c2nc(C)nc(Cl)c2c1F. The summed E-state index contributed by atoms with van der Waals surface area (Å²) in [5.41, 5.74) is -0.173. The molecule has 90 valence electrons. The molecular weight excluding hydrogens is 317 g/mol. The van der Waals surface area contributed by atoms with Gasteiger partial charge in [-0.1, -0.05) is 11.6 Å². The van der Waals surface area contributed by atoms with Crippen LogP contribution in [-0.2, 0) is 0 Å². The van der Waals surface area contributed by atoms with Crippen LogP contribution in [0, 0.1) is 18.6 Å². The molecule has 17 heavy (non-hydrogen) atoms. The number of benzene rings is 1. The molecule has 1 aromatic carbocycles. The quantitative estimate of drug-likeness (QED) is 0.593. The van der Waals surface area contributed by atoms with Crippen LogP contribution >= 0.6 is 27.5 Å². The normalized spacial score (nSPS) is 10.9. The second-order valence-electron chi connectivity index (χ2n) is 3.26.